The van der Waals surface area contributed by atoms with Crippen molar-refractivity contribution in [2.75, 3.05) is 32.8 Å². The van der Waals surface area contributed by atoms with Gasteiger partial charge in [-0.15, -0.1) is 0 Å². The van der Waals surface area contributed by atoms with Gasteiger partial charge in [-0.2, -0.15) is 0 Å². The molecule has 1 saturated heterocycles. The zero-order valence-electron chi connectivity index (χ0n) is 10.5. The van der Waals surface area contributed by atoms with Crippen LogP contribution in [0.5, 0.6) is 0 Å². The van der Waals surface area contributed by atoms with Crippen LogP contribution in [-0.4, -0.2) is 49.6 Å². The highest BCUT2D eigenvalue weighted by Crippen LogP contribution is 2.21. The van der Waals surface area contributed by atoms with Gasteiger partial charge in [0, 0.05) is 19.6 Å². The Morgan fingerprint density at radius 3 is 2.74 bits per heavy atom. The summed E-state index contributed by atoms with van der Waals surface area (Å²) < 4.78 is 10.7. The average molecular weight is 267 g/mol. The fourth-order valence-corrected chi connectivity index (χ4v) is 2.06. The van der Waals surface area contributed by atoms with Crippen molar-refractivity contribution in [1.29, 1.82) is 0 Å². The van der Waals surface area contributed by atoms with Crippen molar-refractivity contribution in [2.24, 2.45) is 5.73 Å². The Labute approximate surface area is 110 Å². The van der Waals surface area contributed by atoms with E-state index in [-0.39, 0.29) is 12.6 Å². The lowest BCUT2D eigenvalue weighted by molar-refractivity contribution is -0.137. The molecule has 3 N–H and O–H groups in total. The Morgan fingerprint density at radius 2 is 2.16 bits per heavy atom. The number of furan rings is 1. The summed E-state index contributed by atoms with van der Waals surface area (Å²) in [5.74, 6) is -1.03. The van der Waals surface area contributed by atoms with Crippen LogP contribution in [-0.2, 0) is 14.3 Å². The number of hydrogen-bond donors (Lipinski definition) is 2. The zero-order chi connectivity index (χ0) is 13.7. The lowest BCUT2D eigenvalue weighted by Crippen LogP contribution is -2.45. The van der Waals surface area contributed by atoms with Gasteiger partial charge in [-0.05, 0) is 12.1 Å². The first kappa shape index (κ1) is 13.6. The van der Waals surface area contributed by atoms with Crippen LogP contribution >= 0.6 is 0 Å². The van der Waals surface area contributed by atoms with Crippen molar-refractivity contribution in [1.82, 2.24) is 10.2 Å². The number of amides is 2. The molecule has 0 aliphatic carbocycles. The summed E-state index contributed by atoms with van der Waals surface area (Å²) in [6.45, 7) is 3.05. The quantitative estimate of drug-likeness (QED) is 0.700. The average Bonchev–Trinajstić information content (AvgIpc) is 2.94. The molecule has 1 aliphatic heterocycles. The Hall–Kier alpha value is -1.86. The van der Waals surface area contributed by atoms with Gasteiger partial charge in [0.1, 0.15) is 5.76 Å². The predicted molar refractivity (Wildman–Crippen MR) is 66.0 cm³/mol. The molecule has 0 bridgehead atoms. The van der Waals surface area contributed by atoms with Crippen molar-refractivity contribution in [3.63, 3.8) is 0 Å². The van der Waals surface area contributed by atoms with E-state index in [9.17, 15) is 9.59 Å². The van der Waals surface area contributed by atoms with E-state index in [4.69, 9.17) is 14.9 Å². The largest absolute Gasteiger partial charge is 0.468 e. The molecule has 2 rings (SSSR count). The molecule has 0 saturated carbocycles. The van der Waals surface area contributed by atoms with E-state index >= 15 is 0 Å². The number of carbonyl (C=O) groups is 2. The Morgan fingerprint density at radius 1 is 1.42 bits per heavy atom. The molecule has 2 amide bonds. The number of rotatable bonds is 4. The summed E-state index contributed by atoms with van der Waals surface area (Å²) in [6, 6.07) is 3.51. The molecule has 0 radical (unpaired) electrons. The van der Waals surface area contributed by atoms with Crippen LogP contribution in [0.15, 0.2) is 22.8 Å². The lowest BCUT2D eigenvalue weighted by atomic mass is 10.1. The smallest absolute Gasteiger partial charge is 0.309 e. The molecule has 7 nitrogen and oxygen atoms in total. The maximum absolute atomic E-state index is 11.2. The molecule has 104 valence electrons. The highest BCUT2D eigenvalue weighted by Gasteiger charge is 2.25. The SMILES string of the molecule is NC(=O)C(=O)NCC(c1ccco1)N1CCOCC1. The fourth-order valence-electron chi connectivity index (χ4n) is 2.06. The second-order valence-corrected chi connectivity index (χ2v) is 4.25. The van der Waals surface area contributed by atoms with Gasteiger partial charge in [0.25, 0.3) is 0 Å². The molecule has 19 heavy (non-hydrogen) atoms. The summed E-state index contributed by atoms with van der Waals surface area (Å²) in [7, 11) is 0. The lowest BCUT2D eigenvalue weighted by Gasteiger charge is -2.33. The first-order valence-corrected chi connectivity index (χ1v) is 6.11. The molecule has 0 aromatic carbocycles. The number of nitrogens with two attached hydrogens (primary N) is 1. The molecule has 1 atom stereocenters. The van der Waals surface area contributed by atoms with E-state index in [0.29, 0.717) is 13.2 Å². The topological polar surface area (TPSA) is 97.8 Å². The van der Waals surface area contributed by atoms with Gasteiger partial charge in [-0.3, -0.25) is 14.5 Å². The first-order valence-electron chi connectivity index (χ1n) is 6.11. The maximum atomic E-state index is 11.2. The Kier molecular flexibility index (Phi) is 4.53. The molecule has 0 spiro atoms. The normalized spacial score (nSPS) is 17.9. The summed E-state index contributed by atoms with van der Waals surface area (Å²) in [5, 5.41) is 2.51. The predicted octanol–water partition coefficient (Wildman–Crippen LogP) is -0.746. The van der Waals surface area contributed by atoms with Crippen LogP contribution < -0.4 is 11.1 Å². The molecule has 1 aromatic rings. The van der Waals surface area contributed by atoms with Crippen LogP contribution in [0.3, 0.4) is 0 Å². The minimum Gasteiger partial charge on any atom is -0.468 e. The second kappa shape index (κ2) is 6.35. The van der Waals surface area contributed by atoms with Gasteiger partial charge in [-0.1, -0.05) is 0 Å². The van der Waals surface area contributed by atoms with Gasteiger partial charge in [-0.25, -0.2) is 0 Å². The third-order valence-corrected chi connectivity index (χ3v) is 3.04. The van der Waals surface area contributed by atoms with Crippen LogP contribution in [0.25, 0.3) is 0 Å². The Balaban J connectivity index is 2.02. The van der Waals surface area contributed by atoms with Gasteiger partial charge in [0.2, 0.25) is 0 Å². The van der Waals surface area contributed by atoms with Crippen molar-refractivity contribution in [2.45, 2.75) is 6.04 Å². The third kappa shape index (κ3) is 3.55. The third-order valence-electron chi connectivity index (χ3n) is 3.04. The van der Waals surface area contributed by atoms with E-state index < -0.39 is 11.8 Å². The van der Waals surface area contributed by atoms with Crippen LogP contribution in [0.4, 0.5) is 0 Å². The molecule has 2 heterocycles. The summed E-state index contributed by atoms with van der Waals surface area (Å²) in [5.41, 5.74) is 4.91. The van der Waals surface area contributed by atoms with Gasteiger partial charge < -0.3 is 20.2 Å². The van der Waals surface area contributed by atoms with Crippen molar-refractivity contribution in [3.8, 4) is 0 Å². The molecule has 1 unspecified atom stereocenters. The fraction of sp³-hybridized carbons (Fsp3) is 0.500. The Bertz CT molecular complexity index is 426. The molecular formula is C12H17N3O4. The number of carbonyl (C=O) groups excluding carboxylic acids is 2. The first-order chi connectivity index (χ1) is 9.18. The summed E-state index contributed by atoms with van der Waals surface area (Å²) in [4.78, 5) is 24.1. The molecule has 1 aliphatic rings. The molecular weight excluding hydrogens is 250 g/mol. The number of ether oxygens (including phenoxy) is 1. The van der Waals surface area contributed by atoms with Crippen molar-refractivity contribution < 1.29 is 18.7 Å². The van der Waals surface area contributed by atoms with Gasteiger partial charge in [0.05, 0.1) is 25.5 Å². The van der Waals surface area contributed by atoms with Crippen molar-refractivity contribution in [3.05, 3.63) is 24.2 Å². The molecule has 7 heteroatoms. The summed E-state index contributed by atoms with van der Waals surface area (Å²) >= 11 is 0. The van der Waals surface area contributed by atoms with Gasteiger partial charge in [0.15, 0.2) is 0 Å². The number of nitrogens with one attached hydrogen (secondary N) is 1. The zero-order valence-corrected chi connectivity index (χ0v) is 10.5. The van der Waals surface area contributed by atoms with Gasteiger partial charge >= 0.3 is 11.8 Å². The van der Waals surface area contributed by atoms with E-state index in [1.165, 1.54) is 0 Å². The highest BCUT2D eigenvalue weighted by molar-refractivity contribution is 6.34. The van der Waals surface area contributed by atoms with E-state index in [2.05, 4.69) is 10.2 Å². The number of morpholine rings is 1. The minimum atomic E-state index is -0.986. The monoisotopic (exact) mass is 267 g/mol. The number of nitrogens with zero attached hydrogens (tertiary/aromatic N) is 1. The second-order valence-electron chi connectivity index (χ2n) is 4.25. The van der Waals surface area contributed by atoms with E-state index in [1.807, 2.05) is 6.07 Å². The number of primary amides is 1. The van der Waals surface area contributed by atoms with E-state index in [0.717, 1.165) is 18.8 Å². The van der Waals surface area contributed by atoms with Crippen molar-refractivity contribution >= 4 is 11.8 Å². The standard InChI is InChI=1S/C12H17N3O4/c13-11(16)12(17)14-8-9(10-2-1-5-19-10)15-3-6-18-7-4-15/h1-2,5,9H,3-4,6-8H2,(H2,13,16)(H,14,17). The summed E-state index contributed by atoms with van der Waals surface area (Å²) in [6.07, 6.45) is 1.58. The van der Waals surface area contributed by atoms with Crippen LogP contribution in [0, 0.1) is 0 Å². The molecule has 1 fully saturated rings. The van der Waals surface area contributed by atoms with Crippen LogP contribution in [0.1, 0.15) is 11.8 Å². The van der Waals surface area contributed by atoms with Crippen LogP contribution in [0.2, 0.25) is 0 Å². The minimum absolute atomic E-state index is 0.123. The maximum Gasteiger partial charge on any atom is 0.309 e. The number of hydrogen-bond acceptors (Lipinski definition) is 5. The van der Waals surface area contributed by atoms with E-state index in [1.54, 1.807) is 12.3 Å². The molecule has 1 aromatic heterocycles. The highest BCUT2D eigenvalue weighted by atomic mass is 16.5.